The molecule has 1 rings (SSSR count). The minimum absolute atomic E-state index is 0.239. The summed E-state index contributed by atoms with van der Waals surface area (Å²) in [5, 5.41) is 10.7. The van der Waals surface area contributed by atoms with Crippen LogP contribution >= 0.6 is 0 Å². The average Bonchev–Trinajstić information content (AvgIpc) is 2.37. The zero-order valence-electron chi connectivity index (χ0n) is 11.0. The van der Waals surface area contributed by atoms with Crippen molar-refractivity contribution in [2.45, 2.75) is 24.6 Å². The molecule has 0 fully saturated rings. The average molecular weight is 285 g/mol. The molecule has 2 N–H and O–H groups in total. The Labute approximate surface area is 113 Å². The van der Waals surface area contributed by atoms with Gasteiger partial charge in [-0.2, -0.15) is 0 Å². The fraction of sp³-hybridized carbons (Fsp3) is 0.462. The number of amides is 1. The van der Waals surface area contributed by atoms with Gasteiger partial charge in [-0.25, -0.2) is 8.42 Å². The van der Waals surface area contributed by atoms with Crippen LogP contribution in [-0.4, -0.2) is 43.6 Å². The highest BCUT2D eigenvalue weighted by molar-refractivity contribution is 7.92. The van der Waals surface area contributed by atoms with Crippen molar-refractivity contribution in [1.29, 1.82) is 0 Å². The van der Waals surface area contributed by atoms with Crippen LogP contribution in [0.1, 0.15) is 12.5 Å². The second-order valence-electron chi connectivity index (χ2n) is 4.55. The SMILES string of the molecule is CC(C(=O)NC(CO)Cc1ccccc1)S(C)(=O)=O. The van der Waals surface area contributed by atoms with E-state index in [2.05, 4.69) is 5.32 Å². The van der Waals surface area contributed by atoms with Gasteiger partial charge in [0.15, 0.2) is 9.84 Å². The fourth-order valence-electron chi connectivity index (χ4n) is 1.57. The van der Waals surface area contributed by atoms with E-state index in [-0.39, 0.29) is 6.61 Å². The third kappa shape index (κ3) is 5.00. The van der Waals surface area contributed by atoms with E-state index in [9.17, 15) is 18.3 Å². The number of hydrogen-bond acceptors (Lipinski definition) is 4. The van der Waals surface area contributed by atoms with Crippen molar-refractivity contribution < 1.29 is 18.3 Å². The molecule has 0 aliphatic heterocycles. The Morgan fingerprint density at radius 1 is 1.32 bits per heavy atom. The molecule has 0 spiro atoms. The predicted molar refractivity (Wildman–Crippen MR) is 73.5 cm³/mol. The molecule has 106 valence electrons. The van der Waals surface area contributed by atoms with E-state index in [0.29, 0.717) is 6.42 Å². The Morgan fingerprint density at radius 3 is 2.37 bits per heavy atom. The molecule has 0 saturated heterocycles. The normalized spacial score (nSPS) is 14.7. The summed E-state index contributed by atoms with van der Waals surface area (Å²) in [6, 6.07) is 8.89. The summed E-state index contributed by atoms with van der Waals surface area (Å²) in [6.07, 6.45) is 1.47. The summed E-state index contributed by atoms with van der Waals surface area (Å²) < 4.78 is 22.6. The summed E-state index contributed by atoms with van der Waals surface area (Å²) in [5.41, 5.74) is 0.967. The molecule has 1 aromatic rings. The highest BCUT2D eigenvalue weighted by Crippen LogP contribution is 2.04. The third-order valence-corrected chi connectivity index (χ3v) is 4.40. The first-order chi connectivity index (χ1) is 8.84. The Kier molecular flexibility index (Phi) is 5.50. The number of nitrogens with one attached hydrogen (secondary N) is 1. The van der Waals surface area contributed by atoms with E-state index in [4.69, 9.17) is 0 Å². The first-order valence-electron chi connectivity index (χ1n) is 5.98. The van der Waals surface area contributed by atoms with Gasteiger partial charge in [-0.3, -0.25) is 4.79 Å². The van der Waals surface area contributed by atoms with Crippen LogP contribution in [0.2, 0.25) is 0 Å². The smallest absolute Gasteiger partial charge is 0.238 e. The minimum Gasteiger partial charge on any atom is -0.394 e. The van der Waals surface area contributed by atoms with Gasteiger partial charge in [0.25, 0.3) is 0 Å². The van der Waals surface area contributed by atoms with Gasteiger partial charge in [0.2, 0.25) is 5.91 Å². The summed E-state index contributed by atoms with van der Waals surface area (Å²) in [7, 11) is -3.42. The van der Waals surface area contributed by atoms with Crippen LogP contribution in [0, 0.1) is 0 Å². The summed E-state index contributed by atoms with van der Waals surface area (Å²) in [4.78, 5) is 11.7. The molecule has 0 radical (unpaired) electrons. The molecular formula is C13H19NO4S. The van der Waals surface area contributed by atoms with Crippen LogP contribution in [-0.2, 0) is 21.1 Å². The first kappa shape index (κ1) is 15.7. The summed E-state index contributed by atoms with van der Waals surface area (Å²) >= 11 is 0. The first-order valence-corrected chi connectivity index (χ1v) is 7.94. The molecule has 0 aliphatic rings. The maximum absolute atomic E-state index is 11.7. The van der Waals surface area contributed by atoms with E-state index in [1.807, 2.05) is 30.3 Å². The second-order valence-corrected chi connectivity index (χ2v) is 6.92. The molecule has 0 heterocycles. The van der Waals surface area contributed by atoms with Crippen LogP contribution in [0.5, 0.6) is 0 Å². The zero-order chi connectivity index (χ0) is 14.5. The molecule has 2 atom stereocenters. The molecule has 19 heavy (non-hydrogen) atoms. The van der Waals surface area contributed by atoms with Crippen molar-refractivity contribution in [3.63, 3.8) is 0 Å². The van der Waals surface area contributed by atoms with Gasteiger partial charge in [0.1, 0.15) is 5.25 Å². The van der Waals surface area contributed by atoms with Crippen molar-refractivity contribution in [2.24, 2.45) is 0 Å². The zero-order valence-corrected chi connectivity index (χ0v) is 11.9. The Bertz CT molecular complexity index is 513. The van der Waals surface area contributed by atoms with E-state index in [1.54, 1.807) is 0 Å². The Morgan fingerprint density at radius 2 is 1.89 bits per heavy atom. The van der Waals surface area contributed by atoms with Crippen molar-refractivity contribution in [3.8, 4) is 0 Å². The van der Waals surface area contributed by atoms with Crippen LogP contribution in [0.15, 0.2) is 30.3 Å². The van der Waals surface area contributed by atoms with Crippen molar-refractivity contribution in [2.75, 3.05) is 12.9 Å². The lowest BCUT2D eigenvalue weighted by Crippen LogP contribution is -2.45. The van der Waals surface area contributed by atoms with Crippen molar-refractivity contribution in [3.05, 3.63) is 35.9 Å². The number of carbonyl (C=O) groups excluding carboxylic acids is 1. The summed E-state index contributed by atoms with van der Waals surface area (Å²) in [6.45, 7) is 1.10. The van der Waals surface area contributed by atoms with E-state index < -0.39 is 27.0 Å². The lowest BCUT2D eigenvalue weighted by Gasteiger charge is -2.18. The standard InChI is InChI=1S/C13H19NO4S/c1-10(19(2,17)18)13(16)14-12(9-15)8-11-6-4-3-5-7-11/h3-7,10,12,15H,8-9H2,1-2H3,(H,14,16). The molecule has 0 aliphatic carbocycles. The van der Waals surface area contributed by atoms with Crippen LogP contribution in [0.25, 0.3) is 0 Å². The maximum atomic E-state index is 11.7. The number of carbonyl (C=O) groups is 1. The molecule has 5 nitrogen and oxygen atoms in total. The van der Waals surface area contributed by atoms with Crippen molar-refractivity contribution >= 4 is 15.7 Å². The van der Waals surface area contributed by atoms with E-state index >= 15 is 0 Å². The molecule has 1 amide bonds. The van der Waals surface area contributed by atoms with Gasteiger partial charge in [0.05, 0.1) is 12.6 Å². The second kappa shape index (κ2) is 6.68. The number of rotatable bonds is 6. The van der Waals surface area contributed by atoms with Gasteiger partial charge in [-0.15, -0.1) is 0 Å². The van der Waals surface area contributed by atoms with Crippen LogP contribution < -0.4 is 5.32 Å². The number of aliphatic hydroxyl groups excluding tert-OH is 1. The van der Waals surface area contributed by atoms with Gasteiger partial charge in [-0.1, -0.05) is 30.3 Å². The quantitative estimate of drug-likeness (QED) is 0.779. The number of hydrogen-bond donors (Lipinski definition) is 2. The number of aliphatic hydroxyl groups is 1. The topological polar surface area (TPSA) is 83.5 Å². The van der Waals surface area contributed by atoms with Crippen molar-refractivity contribution in [1.82, 2.24) is 5.32 Å². The third-order valence-electron chi connectivity index (χ3n) is 2.90. The van der Waals surface area contributed by atoms with Gasteiger partial charge in [-0.05, 0) is 18.9 Å². The molecule has 1 aromatic carbocycles. The fourth-order valence-corrected chi connectivity index (χ4v) is 2.03. The van der Waals surface area contributed by atoms with Gasteiger partial charge >= 0.3 is 0 Å². The monoisotopic (exact) mass is 285 g/mol. The molecule has 0 bridgehead atoms. The largest absolute Gasteiger partial charge is 0.394 e. The molecule has 0 aromatic heterocycles. The lowest BCUT2D eigenvalue weighted by atomic mass is 10.1. The highest BCUT2D eigenvalue weighted by atomic mass is 32.2. The maximum Gasteiger partial charge on any atom is 0.238 e. The predicted octanol–water partition coefficient (Wildman–Crippen LogP) is 0.139. The minimum atomic E-state index is -3.42. The van der Waals surface area contributed by atoms with E-state index in [1.165, 1.54) is 6.92 Å². The Hall–Kier alpha value is -1.40. The van der Waals surface area contributed by atoms with E-state index in [0.717, 1.165) is 11.8 Å². The molecular weight excluding hydrogens is 266 g/mol. The highest BCUT2D eigenvalue weighted by Gasteiger charge is 2.25. The molecule has 0 saturated carbocycles. The lowest BCUT2D eigenvalue weighted by molar-refractivity contribution is -0.121. The molecule has 6 heteroatoms. The van der Waals surface area contributed by atoms with Crippen LogP contribution in [0.4, 0.5) is 0 Å². The number of sulfone groups is 1. The Balaban J connectivity index is 2.65. The van der Waals surface area contributed by atoms with Crippen LogP contribution in [0.3, 0.4) is 0 Å². The van der Waals surface area contributed by atoms with Gasteiger partial charge < -0.3 is 10.4 Å². The molecule has 2 unspecified atom stereocenters. The summed E-state index contributed by atoms with van der Waals surface area (Å²) in [5.74, 6) is -0.586. The van der Waals surface area contributed by atoms with Gasteiger partial charge in [0, 0.05) is 6.26 Å². The number of benzene rings is 1.